The molecule has 2 N–H and O–H groups in total. The molecule has 0 unspecified atom stereocenters. The molecule has 2 aromatic carbocycles. The lowest BCUT2D eigenvalue weighted by Crippen LogP contribution is -2.13. The van der Waals surface area contributed by atoms with E-state index in [2.05, 4.69) is 15.3 Å². The largest absolute Gasteiger partial charge is 0.489 e. The highest BCUT2D eigenvalue weighted by Crippen LogP contribution is 2.38. The van der Waals surface area contributed by atoms with E-state index in [-0.39, 0.29) is 11.5 Å². The standard InChI is InChI=1S/C22H20ClN3O4/c1-2-15-12-19(27)26-21(24-15)13-5-3-6-16(9-13)25-22(28)14-10-17(23)20-18(11-14)29-7-4-8-30-20/h3,5-6,9-12H,2,4,7-8H2,1H3,(H,25,28)(H,24,26,27). The van der Waals surface area contributed by atoms with Gasteiger partial charge in [0.25, 0.3) is 11.5 Å². The quantitative estimate of drug-likeness (QED) is 0.657. The van der Waals surface area contributed by atoms with Crippen molar-refractivity contribution in [2.45, 2.75) is 19.8 Å². The second-order valence-corrected chi connectivity index (χ2v) is 7.22. The van der Waals surface area contributed by atoms with Gasteiger partial charge in [-0.2, -0.15) is 0 Å². The van der Waals surface area contributed by atoms with E-state index in [1.54, 1.807) is 30.3 Å². The Hall–Kier alpha value is -3.32. The third kappa shape index (κ3) is 4.31. The second kappa shape index (κ2) is 8.59. The molecule has 0 spiro atoms. The zero-order valence-corrected chi connectivity index (χ0v) is 17.1. The first-order valence-corrected chi connectivity index (χ1v) is 10.0. The minimum atomic E-state index is -0.339. The molecule has 1 amide bonds. The van der Waals surface area contributed by atoms with Crippen molar-refractivity contribution in [1.29, 1.82) is 0 Å². The maximum atomic E-state index is 12.8. The number of aromatic nitrogens is 2. The molecule has 1 aliphatic rings. The molecular weight excluding hydrogens is 406 g/mol. The first-order chi connectivity index (χ1) is 14.5. The van der Waals surface area contributed by atoms with Crippen molar-refractivity contribution in [3.05, 3.63) is 69.1 Å². The van der Waals surface area contributed by atoms with E-state index in [0.717, 1.165) is 6.42 Å². The van der Waals surface area contributed by atoms with Crippen LogP contribution in [0, 0.1) is 0 Å². The first-order valence-electron chi connectivity index (χ1n) is 9.64. The number of benzene rings is 2. The molecule has 0 aliphatic carbocycles. The van der Waals surface area contributed by atoms with Crippen molar-refractivity contribution in [2.75, 3.05) is 18.5 Å². The fourth-order valence-corrected chi connectivity index (χ4v) is 3.40. The van der Waals surface area contributed by atoms with E-state index in [4.69, 9.17) is 21.1 Å². The zero-order valence-electron chi connectivity index (χ0n) is 16.3. The van der Waals surface area contributed by atoms with Crippen LogP contribution in [0.5, 0.6) is 11.5 Å². The van der Waals surface area contributed by atoms with Crippen LogP contribution in [0.3, 0.4) is 0 Å². The highest BCUT2D eigenvalue weighted by molar-refractivity contribution is 6.32. The van der Waals surface area contributed by atoms with E-state index in [9.17, 15) is 9.59 Å². The number of hydrogen-bond donors (Lipinski definition) is 2. The number of aromatic amines is 1. The molecule has 1 aromatic heterocycles. The Labute approximate surface area is 178 Å². The Morgan fingerprint density at radius 1 is 1.20 bits per heavy atom. The Balaban J connectivity index is 1.60. The van der Waals surface area contributed by atoms with E-state index in [1.165, 1.54) is 6.07 Å². The molecule has 1 aliphatic heterocycles. The molecule has 0 atom stereocenters. The number of aryl methyl sites for hydroxylation is 1. The number of H-pyrrole nitrogens is 1. The van der Waals surface area contributed by atoms with Crippen LogP contribution < -0.4 is 20.3 Å². The molecule has 0 radical (unpaired) electrons. The van der Waals surface area contributed by atoms with Crippen LogP contribution in [-0.4, -0.2) is 29.1 Å². The summed E-state index contributed by atoms with van der Waals surface area (Å²) in [5, 5.41) is 3.17. The summed E-state index contributed by atoms with van der Waals surface area (Å²) in [4.78, 5) is 31.8. The molecule has 0 bridgehead atoms. The summed E-state index contributed by atoms with van der Waals surface area (Å²) >= 11 is 6.29. The van der Waals surface area contributed by atoms with E-state index in [0.29, 0.717) is 64.5 Å². The minimum absolute atomic E-state index is 0.215. The van der Waals surface area contributed by atoms with Crippen LogP contribution in [0.25, 0.3) is 11.4 Å². The number of nitrogens with zero attached hydrogens (tertiary/aromatic N) is 1. The van der Waals surface area contributed by atoms with E-state index < -0.39 is 0 Å². The number of fused-ring (bicyclic) bond motifs is 1. The maximum Gasteiger partial charge on any atom is 0.255 e. The summed E-state index contributed by atoms with van der Waals surface area (Å²) in [5.74, 6) is 1.03. The van der Waals surface area contributed by atoms with Gasteiger partial charge in [-0.1, -0.05) is 30.7 Å². The van der Waals surface area contributed by atoms with Gasteiger partial charge >= 0.3 is 0 Å². The number of rotatable bonds is 4. The number of nitrogens with one attached hydrogen (secondary N) is 2. The second-order valence-electron chi connectivity index (χ2n) is 6.81. The summed E-state index contributed by atoms with van der Waals surface area (Å²) in [6, 6.07) is 11.8. The molecule has 2 heterocycles. The third-order valence-electron chi connectivity index (χ3n) is 4.62. The van der Waals surface area contributed by atoms with Gasteiger partial charge in [0.1, 0.15) is 5.82 Å². The van der Waals surface area contributed by atoms with Gasteiger partial charge in [-0.15, -0.1) is 0 Å². The van der Waals surface area contributed by atoms with Crippen LogP contribution in [-0.2, 0) is 6.42 Å². The van der Waals surface area contributed by atoms with Gasteiger partial charge in [-0.05, 0) is 30.7 Å². The predicted molar refractivity (Wildman–Crippen MR) is 115 cm³/mol. The number of carbonyl (C=O) groups excluding carboxylic acids is 1. The highest BCUT2D eigenvalue weighted by atomic mass is 35.5. The van der Waals surface area contributed by atoms with Crippen LogP contribution in [0.15, 0.2) is 47.3 Å². The summed E-state index contributed by atoms with van der Waals surface area (Å²) in [5.41, 5.74) is 2.09. The fourth-order valence-electron chi connectivity index (χ4n) is 3.14. The molecule has 154 valence electrons. The van der Waals surface area contributed by atoms with Crippen molar-refractivity contribution < 1.29 is 14.3 Å². The van der Waals surface area contributed by atoms with E-state index >= 15 is 0 Å². The molecular formula is C22H20ClN3O4. The van der Waals surface area contributed by atoms with Crippen LogP contribution in [0.2, 0.25) is 5.02 Å². The lowest BCUT2D eigenvalue weighted by Gasteiger charge is -2.12. The monoisotopic (exact) mass is 425 g/mol. The Morgan fingerprint density at radius 3 is 2.87 bits per heavy atom. The Kier molecular flexibility index (Phi) is 5.72. The van der Waals surface area contributed by atoms with Gasteiger partial charge in [0, 0.05) is 35.0 Å². The summed E-state index contributed by atoms with van der Waals surface area (Å²) in [6.07, 6.45) is 1.40. The lowest BCUT2D eigenvalue weighted by molar-refractivity contribution is 0.102. The van der Waals surface area contributed by atoms with Gasteiger partial charge < -0.3 is 19.8 Å². The number of halogens is 1. The molecule has 3 aromatic rings. The number of amides is 1. The van der Waals surface area contributed by atoms with Gasteiger partial charge in [0.05, 0.1) is 18.2 Å². The summed E-state index contributed by atoms with van der Waals surface area (Å²) in [7, 11) is 0. The van der Waals surface area contributed by atoms with Crippen molar-refractivity contribution in [3.63, 3.8) is 0 Å². The molecule has 0 saturated carbocycles. The highest BCUT2D eigenvalue weighted by Gasteiger charge is 2.18. The third-order valence-corrected chi connectivity index (χ3v) is 4.90. The number of anilines is 1. The van der Waals surface area contributed by atoms with Gasteiger partial charge in [0.2, 0.25) is 0 Å². The minimum Gasteiger partial charge on any atom is -0.489 e. The number of ether oxygens (including phenoxy) is 2. The molecule has 30 heavy (non-hydrogen) atoms. The Bertz CT molecular complexity index is 1160. The van der Waals surface area contributed by atoms with Crippen molar-refractivity contribution in [1.82, 2.24) is 9.97 Å². The van der Waals surface area contributed by atoms with Crippen LogP contribution in [0.4, 0.5) is 5.69 Å². The topological polar surface area (TPSA) is 93.3 Å². The molecule has 8 heteroatoms. The van der Waals surface area contributed by atoms with Crippen molar-refractivity contribution >= 4 is 23.2 Å². The molecule has 7 nitrogen and oxygen atoms in total. The first kappa shape index (κ1) is 20.0. The van der Waals surface area contributed by atoms with Crippen molar-refractivity contribution in [2.24, 2.45) is 0 Å². The predicted octanol–water partition coefficient (Wildman–Crippen LogP) is 4.07. The molecule has 0 saturated heterocycles. The maximum absolute atomic E-state index is 12.8. The van der Waals surface area contributed by atoms with Gasteiger partial charge in [0.15, 0.2) is 11.5 Å². The van der Waals surface area contributed by atoms with Gasteiger partial charge in [-0.3, -0.25) is 9.59 Å². The lowest BCUT2D eigenvalue weighted by atomic mass is 10.1. The average Bonchev–Trinajstić information content (AvgIpc) is 2.99. The smallest absolute Gasteiger partial charge is 0.255 e. The van der Waals surface area contributed by atoms with Crippen LogP contribution in [0.1, 0.15) is 29.4 Å². The zero-order chi connectivity index (χ0) is 21.1. The summed E-state index contributed by atoms with van der Waals surface area (Å²) in [6.45, 7) is 2.95. The van der Waals surface area contributed by atoms with E-state index in [1.807, 2.05) is 13.0 Å². The molecule has 0 fully saturated rings. The molecule has 4 rings (SSSR count). The average molecular weight is 426 g/mol. The van der Waals surface area contributed by atoms with Gasteiger partial charge in [-0.25, -0.2) is 4.98 Å². The normalized spacial score (nSPS) is 12.9. The van der Waals surface area contributed by atoms with Crippen LogP contribution >= 0.6 is 11.6 Å². The van der Waals surface area contributed by atoms with Crippen molar-refractivity contribution in [3.8, 4) is 22.9 Å². The fraction of sp³-hybridized carbons (Fsp3) is 0.227. The SMILES string of the molecule is CCc1cc(=O)[nH]c(-c2cccc(NC(=O)c3cc(Cl)c4c(c3)OCCCO4)c2)n1. The number of carbonyl (C=O) groups is 1. The summed E-state index contributed by atoms with van der Waals surface area (Å²) < 4.78 is 11.2. The number of hydrogen-bond acceptors (Lipinski definition) is 5. The Morgan fingerprint density at radius 2 is 2.03 bits per heavy atom.